The first-order valence-electron chi connectivity index (χ1n) is 9.14. The van der Waals surface area contributed by atoms with E-state index >= 15 is 0 Å². The summed E-state index contributed by atoms with van der Waals surface area (Å²) in [5, 5.41) is 12.1. The van der Waals surface area contributed by atoms with Crippen molar-refractivity contribution in [2.45, 2.75) is 45.6 Å². The molecule has 2 aromatic rings. The Morgan fingerprint density at radius 1 is 1.36 bits per heavy atom. The molecule has 0 saturated carbocycles. The first-order valence-corrected chi connectivity index (χ1v) is 9.14. The summed E-state index contributed by atoms with van der Waals surface area (Å²) in [4.78, 5) is 22.8. The molecule has 0 bridgehead atoms. The van der Waals surface area contributed by atoms with Crippen LogP contribution in [0.25, 0.3) is 11.0 Å². The second-order valence-corrected chi connectivity index (χ2v) is 8.26. The summed E-state index contributed by atoms with van der Waals surface area (Å²) in [6, 6.07) is 5.40. The van der Waals surface area contributed by atoms with Crippen molar-refractivity contribution in [2.24, 2.45) is 5.41 Å². The van der Waals surface area contributed by atoms with E-state index in [-0.39, 0.29) is 11.5 Å². The third kappa shape index (κ3) is 4.53. The molecule has 3 rings (SSSR count). The second-order valence-electron chi connectivity index (χ2n) is 8.26. The second kappa shape index (κ2) is 7.30. The van der Waals surface area contributed by atoms with Gasteiger partial charge in [0.15, 0.2) is 0 Å². The maximum Gasteiger partial charge on any atom is 0.254 e. The first kappa shape index (κ1) is 19.9. The van der Waals surface area contributed by atoms with Crippen molar-refractivity contribution in [3.05, 3.63) is 30.1 Å². The van der Waals surface area contributed by atoms with E-state index in [2.05, 4.69) is 40.1 Å². The van der Waals surface area contributed by atoms with Crippen LogP contribution in [-0.2, 0) is 4.79 Å². The van der Waals surface area contributed by atoms with Crippen LogP contribution in [0, 0.1) is 16.7 Å². The molecule has 1 N–H and O–H groups in total. The van der Waals surface area contributed by atoms with E-state index in [4.69, 9.17) is 0 Å². The SMILES string of the molecule is CC(F)(F)CC(=O)N[C@H]1CN(c2ccc(C#N)c3nccnc23)CC(C)(C)C1. The van der Waals surface area contributed by atoms with Crippen molar-refractivity contribution in [3.8, 4) is 6.07 Å². The molecule has 0 spiro atoms. The number of hydrogen-bond donors (Lipinski definition) is 1. The predicted molar refractivity (Wildman–Crippen MR) is 102 cm³/mol. The van der Waals surface area contributed by atoms with Gasteiger partial charge >= 0.3 is 0 Å². The number of nitrogens with zero attached hydrogens (tertiary/aromatic N) is 4. The molecule has 2 heterocycles. The van der Waals surface area contributed by atoms with Crippen LogP contribution in [0.1, 0.15) is 39.2 Å². The number of nitriles is 1. The van der Waals surface area contributed by atoms with E-state index < -0.39 is 18.3 Å². The monoisotopic (exact) mass is 387 g/mol. The molecule has 1 aliphatic rings. The van der Waals surface area contributed by atoms with E-state index in [0.29, 0.717) is 36.1 Å². The van der Waals surface area contributed by atoms with Crippen LogP contribution in [-0.4, -0.2) is 40.9 Å². The minimum absolute atomic E-state index is 0.145. The van der Waals surface area contributed by atoms with Gasteiger partial charge in [0.2, 0.25) is 5.91 Å². The van der Waals surface area contributed by atoms with Crippen molar-refractivity contribution >= 4 is 22.6 Å². The number of alkyl halides is 2. The van der Waals surface area contributed by atoms with Crippen molar-refractivity contribution < 1.29 is 13.6 Å². The number of rotatable bonds is 4. The lowest BCUT2D eigenvalue weighted by Crippen LogP contribution is -2.54. The highest BCUT2D eigenvalue weighted by atomic mass is 19.3. The number of fused-ring (bicyclic) bond motifs is 1. The lowest BCUT2D eigenvalue weighted by molar-refractivity contribution is -0.128. The number of amides is 1. The molecule has 0 unspecified atom stereocenters. The Morgan fingerprint density at radius 3 is 2.68 bits per heavy atom. The molecular formula is C20H23F2N5O. The summed E-state index contributed by atoms with van der Waals surface area (Å²) in [6.45, 7) is 6.07. The third-order valence-corrected chi connectivity index (χ3v) is 4.76. The lowest BCUT2D eigenvalue weighted by Gasteiger charge is -2.44. The van der Waals surface area contributed by atoms with Gasteiger partial charge in [-0.15, -0.1) is 0 Å². The highest BCUT2D eigenvalue weighted by molar-refractivity contribution is 5.92. The fourth-order valence-corrected chi connectivity index (χ4v) is 3.87. The molecule has 0 radical (unpaired) electrons. The summed E-state index contributed by atoms with van der Waals surface area (Å²) >= 11 is 0. The number of carbonyl (C=O) groups excluding carboxylic acids is 1. The highest BCUT2D eigenvalue weighted by Crippen LogP contribution is 2.35. The van der Waals surface area contributed by atoms with Crippen LogP contribution in [0.15, 0.2) is 24.5 Å². The Balaban J connectivity index is 1.89. The van der Waals surface area contributed by atoms with E-state index in [1.54, 1.807) is 18.5 Å². The van der Waals surface area contributed by atoms with Gasteiger partial charge in [-0.3, -0.25) is 14.8 Å². The van der Waals surface area contributed by atoms with Gasteiger partial charge in [0.25, 0.3) is 5.92 Å². The summed E-state index contributed by atoms with van der Waals surface area (Å²) in [5.74, 6) is -3.69. The maximum absolute atomic E-state index is 13.2. The molecule has 1 amide bonds. The number of piperidine rings is 1. The van der Waals surface area contributed by atoms with Crippen LogP contribution < -0.4 is 10.2 Å². The molecular weight excluding hydrogens is 364 g/mol. The minimum Gasteiger partial charge on any atom is -0.367 e. The average Bonchev–Trinajstić information content (AvgIpc) is 2.57. The van der Waals surface area contributed by atoms with E-state index in [9.17, 15) is 18.8 Å². The molecule has 28 heavy (non-hydrogen) atoms. The summed E-state index contributed by atoms with van der Waals surface area (Å²) in [6.07, 6.45) is 2.98. The van der Waals surface area contributed by atoms with Crippen LogP contribution >= 0.6 is 0 Å². The summed E-state index contributed by atoms with van der Waals surface area (Å²) < 4.78 is 26.3. The molecule has 1 aromatic carbocycles. The highest BCUT2D eigenvalue weighted by Gasteiger charge is 2.35. The van der Waals surface area contributed by atoms with Crippen molar-refractivity contribution in [2.75, 3.05) is 18.0 Å². The maximum atomic E-state index is 13.2. The van der Waals surface area contributed by atoms with Crippen molar-refractivity contribution in [3.63, 3.8) is 0 Å². The van der Waals surface area contributed by atoms with Gasteiger partial charge < -0.3 is 10.2 Å². The third-order valence-electron chi connectivity index (χ3n) is 4.76. The fraction of sp³-hybridized carbons (Fsp3) is 0.500. The number of benzene rings is 1. The van der Waals surface area contributed by atoms with Crippen LogP contribution in [0.5, 0.6) is 0 Å². The zero-order chi connectivity index (χ0) is 20.5. The van der Waals surface area contributed by atoms with Gasteiger partial charge in [0.1, 0.15) is 17.1 Å². The molecule has 0 aliphatic carbocycles. The molecule has 1 saturated heterocycles. The Hall–Kier alpha value is -2.82. The smallest absolute Gasteiger partial charge is 0.254 e. The molecule has 6 nitrogen and oxygen atoms in total. The van der Waals surface area contributed by atoms with E-state index in [0.717, 1.165) is 12.6 Å². The molecule has 148 valence electrons. The van der Waals surface area contributed by atoms with Gasteiger partial charge in [-0.2, -0.15) is 5.26 Å². The number of hydrogen-bond acceptors (Lipinski definition) is 5. The number of carbonyl (C=O) groups is 1. The van der Waals surface area contributed by atoms with Crippen molar-refractivity contribution in [1.29, 1.82) is 5.26 Å². The Morgan fingerprint density at radius 2 is 2.04 bits per heavy atom. The normalized spacial score (nSPS) is 19.3. The first-order chi connectivity index (χ1) is 13.1. The molecule has 8 heteroatoms. The van der Waals surface area contributed by atoms with Gasteiger partial charge in [0, 0.05) is 31.5 Å². The fourth-order valence-electron chi connectivity index (χ4n) is 3.87. The molecule has 1 atom stereocenters. The average molecular weight is 387 g/mol. The molecule has 1 fully saturated rings. The zero-order valence-electron chi connectivity index (χ0n) is 16.2. The number of anilines is 1. The summed E-state index contributed by atoms with van der Waals surface area (Å²) in [7, 11) is 0. The summed E-state index contributed by atoms with van der Waals surface area (Å²) in [5.41, 5.74) is 2.25. The van der Waals surface area contributed by atoms with Gasteiger partial charge in [-0.05, 0) is 30.9 Å². The number of halogens is 2. The zero-order valence-corrected chi connectivity index (χ0v) is 16.2. The van der Waals surface area contributed by atoms with Crippen molar-refractivity contribution in [1.82, 2.24) is 15.3 Å². The lowest BCUT2D eigenvalue weighted by atomic mass is 9.81. The Labute approximate surface area is 162 Å². The Bertz CT molecular complexity index is 932. The quantitative estimate of drug-likeness (QED) is 0.871. The largest absolute Gasteiger partial charge is 0.367 e. The predicted octanol–water partition coefficient (Wildman–Crippen LogP) is 3.27. The van der Waals surface area contributed by atoms with E-state index in [1.807, 2.05) is 6.07 Å². The number of aromatic nitrogens is 2. The standard InChI is InChI=1S/C20H23F2N5O/c1-19(2)8-14(26-16(28)9-20(3,21)22)11-27(12-19)15-5-4-13(10-23)17-18(15)25-7-6-24-17/h4-7,14H,8-9,11-12H2,1-3H3,(H,26,28)/t14-/m1/s1. The topological polar surface area (TPSA) is 81.9 Å². The molecule has 1 aliphatic heterocycles. The Kier molecular flexibility index (Phi) is 5.20. The van der Waals surface area contributed by atoms with E-state index in [1.165, 1.54) is 0 Å². The molecule has 1 aromatic heterocycles. The van der Waals surface area contributed by atoms with Gasteiger partial charge in [-0.1, -0.05) is 13.8 Å². The van der Waals surface area contributed by atoms with Gasteiger partial charge in [0.05, 0.1) is 17.7 Å². The van der Waals surface area contributed by atoms with Crippen LogP contribution in [0.3, 0.4) is 0 Å². The van der Waals surface area contributed by atoms with Gasteiger partial charge in [-0.25, -0.2) is 8.78 Å². The van der Waals surface area contributed by atoms with Crippen LogP contribution in [0.4, 0.5) is 14.5 Å². The minimum atomic E-state index is -3.03. The number of nitrogens with one attached hydrogen (secondary N) is 1. The van der Waals surface area contributed by atoms with Crippen LogP contribution in [0.2, 0.25) is 0 Å².